The summed E-state index contributed by atoms with van der Waals surface area (Å²) in [6.07, 6.45) is 7.32. The Bertz CT molecular complexity index is 1680. The molecule has 4 aromatic heterocycles. The molecule has 0 aromatic carbocycles. The number of ether oxygens (including phenoxy) is 2. The highest BCUT2D eigenvalue weighted by Gasteiger charge is 2.30. The first kappa shape index (κ1) is 28.5. The minimum atomic E-state index is -1.27. The van der Waals surface area contributed by atoms with E-state index >= 15 is 0 Å². The SMILES string of the molecule is C[C@@H]1CN(c2ccc3nc(-c4cn(COCC[Si](C)(C)C)c(=O)c5cnc(NC(=O)C6CC6)cc45)nn3c2)C[C@H](C)O1. The van der Waals surface area contributed by atoms with Gasteiger partial charge in [0, 0.05) is 57.0 Å². The number of hydrogen-bond donors (Lipinski definition) is 1. The van der Waals surface area contributed by atoms with Gasteiger partial charge in [-0.1, -0.05) is 19.6 Å². The van der Waals surface area contributed by atoms with Gasteiger partial charge in [-0.2, -0.15) is 0 Å². The molecule has 1 amide bonds. The van der Waals surface area contributed by atoms with Gasteiger partial charge in [0.1, 0.15) is 12.5 Å². The van der Waals surface area contributed by atoms with E-state index in [1.165, 1.54) is 6.20 Å². The van der Waals surface area contributed by atoms with Crippen LogP contribution >= 0.6 is 0 Å². The van der Waals surface area contributed by atoms with Gasteiger partial charge in [0.05, 0.1) is 29.5 Å². The van der Waals surface area contributed by atoms with Crippen LogP contribution in [0.2, 0.25) is 25.7 Å². The van der Waals surface area contributed by atoms with Crippen LogP contribution in [0.4, 0.5) is 11.5 Å². The number of amides is 1. The molecule has 42 heavy (non-hydrogen) atoms. The largest absolute Gasteiger partial charge is 0.372 e. The number of carbonyl (C=O) groups excluding carboxylic acids is 1. The van der Waals surface area contributed by atoms with Crippen molar-refractivity contribution >= 4 is 41.9 Å². The van der Waals surface area contributed by atoms with E-state index < -0.39 is 8.07 Å². The number of nitrogens with one attached hydrogen (secondary N) is 1. The molecule has 1 N–H and O–H groups in total. The molecule has 1 aliphatic carbocycles. The Kier molecular flexibility index (Phi) is 7.62. The Morgan fingerprint density at radius 3 is 2.60 bits per heavy atom. The molecule has 0 unspecified atom stereocenters. The Hall–Kier alpha value is -3.61. The van der Waals surface area contributed by atoms with Gasteiger partial charge in [-0.3, -0.25) is 14.2 Å². The highest BCUT2D eigenvalue weighted by Crippen LogP contribution is 2.31. The van der Waals surface area contributed by atoms with Gasteiger partial charge in [0.15, 0.2) is 11.5 Å². The number of nitrogens with zero attached hydrogens (tertiary/aromatic N) is 6. The zero-order valence-electron chi connectivity index (χ0n) is 25.0. The highest BCUT2D eigenvalue weighted by molar-refractivity contribution is 6.76. The second-order valence-corrected chi connectivity index (χ2v) is 18.5. The summed E-state index contributed by atoms with van der Waals surface area (Å²) in [4.78, 5) is 37.5. The molecule has 0 radical (unpaired) electrons. The first-order valence-electron chi connectivity index (χ1n) is 14.7. The van der Waals surface area contributed by atoms with E-state index in [9.17, 15) is 9.59 Å². The van der Waals surface area contributed by atoms with Crippen molar-refractivity contribution in [2.45, 2.75) is 71.3 Å². The molecule has 12 heteroatoms. The summed E-state index contributed by atoms with van der Waals surface area (Å²) in [5, 5.41) is 8.79. The molecule has 222 valence electrons. The fraction of sp³-hybridized carbons (Fsp3) is 0.500. The average Bonchev–Trinajstić information content (AvgIpc) is 3.70. The number of aromatic nitrogens is 5. The highest BCUT2D eigenvalue weighted by atomic mass is 28.3. The van der Waals surface area contributed by atoms with Gasteiger partial charge in [-0.25, -0.2) is 14.5 Å². The third-order valence-corrected chi connectivity index (χ3v) is 9.44. The molecular weight excluding hydrogens is 550 g/mol. The van der Waals surface area contributed by atoms with E-state index in [0.717, 1.165) is 37.7 Å². The molecule has 1 saturated carbocycles. The predicted octanol–water partition coefficient (Wildman–Crippen LogP) is 4.38. The Morgan fingerprint density at radius 1 is 1.12 bits per heavy atom. The zero-order chi connectivity index (χ0) is 29.6. The zero-order valence-corrected chi connectivity index (χ0v) is 26.0. The molecule has 1 saturated heterocycles. The number of hydrogen-bond acceptors (Lipinski definition) is 8. The fourth-order valence-corrected chi connectivity index (χ4v) is 6.06. The lowest BCUT2D eigenvalue weighted by Crippen LogP contribution is -2.45. The summed E-state index contributed by atoms with van der Waals surface area (Å²) in [6.45, 7) is 13.4. The van der Waals surface area contributed by atoms with E-state index in [-0.39, 0.29) is 36.3 Å². The summed E-state index contributed by atoms with van der Waals surface area (Å²) in [5.41, 5.74) is 2.19. The second-order valence-electron chi connectivity index (χ2n) is 12.8. The van der Waals surface area contributed by atoms with Gasteiger partial charge in [-0.05, 0) is 50.9 Å². The number of anilines is 2. The summed E-state index contributed by atoms with van der Waals surface area (Å²) >= 11 is 0. The summed E-state index contributed by atoms with van der Waals surface area (Å²) < 4.78 is 15.2. The molecule has 6 rings (SSSR count). The molecule has 2 atom stereocenters. The van der Waals surface area contributed by atoms with Crippen molar-refractivity contribution in [3.63, 3.8) is 0 Å². The monoisotopic (exact) mass is 589 g/mol. The van der Waals surface area contributed by atoms with E-state index in [2.05, 4.69) is 54.8 Å². The lowest BCUT2D eigenvalue weighted by Gasteiger charge is -2.36. The van der Waals surface area contributed by atoms with Crippen LogP contribution in [0.3, 0.4) is 0 Å². The van der Waals surface area contributed by atoms with Gasteiger partial charge in [-0.15, -0.1) is 5.10 Å². The van der Waals surface area contributed by atoms with Gasteiger partial charge in [0.25, 0.3) is 5.56 Å². The second kappa shape index (κ2) is 11.2. The topological polar surface area (TPSA) is 116 Å². The maximum atomic E-state index is 13.5. The van der Waals surface area contributed by atoms with Gasteiger partial charge in [0.2, 0.25) is 5.91 Å². The summed E-state index contributed by atoms with van der Waals surface area (Å²) in [6, 6.07) is 6.76. The van der Waals surface area contributed by atoms with Crippen LogP contribution in [-0.2, 0) is 21.0 Å². The molecule has 4 aromatic rings. The number of rotatable bonds is 9. The normalized spacial score (nSPS) is 19.5. The van der Waals surface area contributed by atoms with Crippen LogP contribution in [-0.4, -0.2) is 70.0 Å². The van der Waals surface area contributed by atoms with Crippen LogP contribution in [0.1, 0.15) is 26.7 Å². The third kappa shape index (κ3) is 6.25. The maximum absolute atomic E-state index is 13.5. The van der Waals surface area contributed by atoms with Crippen LogP contribution in [0.5, 0.6) is 0 Å². The third-order valence-electron chi connectivity index (χ3n) is 7.74. The van der Waals surface area contributed by atoms with Gasteiger partial charge >= 0.3 is 0 Å². The molecule has 11 nitrogen and oxygen atoms in total. The van der Waals surface area contributed by atoms with Crippen molar-refractivity contribution in [1.82, 2.24) is 24.1 Å². The van der Waals surface area contributed by atoms with E-state index in [4.69, 9.17) is 19.6 Å². The van der Waals surface area contributed by atoms with Gasteiger partial charge < -0.3 is 19.7 Å². The van der Waals surface area contributed by atoms with Crippen molar-refractivity contribution in [3.05, 3.63) is 47.1 Å². The predicted molar refractivity (Wildman–Crippen MR) is 166 cm³/mol. The average molecular weight is 590 g/mol. The summed E-state index contributed by atoms with van der Waals surface area (Å²) in [5.74, 6) is 0.876. The Balaban J connectivity index is 1.38. The molecule has 0 bridgehead atoms. The minimum absolute atomic E-state index is 0.0371. The smallest absolute Gasteiger partial charge is 0.261 e. The molecule has 5 heterocycles. The van der Waals surface area contributed by atoms with E-state index in [0.29, 0.717) is 40.2 Å². The Morgan fingerprint density at radius 2 is 1.88 bits per heavy atom. The van der Waals surface area contributed by atoms with Crippen LogP contribution in [0.25, 0.3) is 27.8 Å². The van der Waals surface area contributed by atoms with E-state index in [1.54, 1.807) is 21.3 Å². The lowest BCUT2D eigenvalue weighted by atomic mass is 10.1. The van der Waals surface area contributed by atoms with Crippen molar-refractivity contribution in [3.8, 4) is 11.4 Å². The first-order chi connectivity index (χ1) is 20.0. The first-order valence-corrected chi connectivity index (χ1v) is 18.4. The molecule has 1 aliphatic heterocycles. The van der Waals surface area contributed by atoms with Crippen molar-refractivity contribution in [2.75, 3.05) is 29.9 Å². The van der Waals surface area contributed by atoms with Crippen molar-refractivity contribution in [1.29, 1.82) is 0 Å². The van der Waals surface area contributed by atoms with E-state index in [1.807, 2.05) is 12.3 Å². The van der Waals surface area contributed by atoms with Crippen LogP contribution < -0.4 is 15.8 Å². The van der Waals surface area contributed by atoms with Crippen LogP contribution in [0.15, 0.2) is 41.6 Å². The molecular formula is C30H39N7O4Si. The van der Waals surface area contributed by atoms with Crippen LogP contribution in [0, 0.1) is 5.92 Å². The Labute approximate surface area is 245 Å². The number of carbonyl (C=O) groups is 1. The standard InChI is InChI=1S/C30H39N7O4Si/c1-19-14-35(15-20(2)41-19)22-8-9-27-33-28(34-37(27)16-22)25-17-36(18-40-10-11-42(3,4)5)30(39)24-13-31-26(12-23(24)25)32-29(38)21-6-7-21/h8-9,12-13,16-17,19-21H,6-7,10-11,14-15,18H2,1-5H3,(H,31,32,38)/t19-,20+. The molecule has 2 fully saturated rings. The number of morpholine rings is 1. The summed E-state index contributed by atoms with van der Waals surface area (Å²) in [7, 11) is -1.27. The lowest BCUT2D eigenvalue weighted by molar-refractivity contribution is -0.117. The van der Waals surface area contributed by atoms with Crippen molar-refractivity contribution in [2.24, 2.45) is 5.92 Å². The maximum Gasteiger partial charge on any atom is 0.261 e. The van der Waals surface area contributed by atoms with Crippen molar-refractivity contribution < 1.29 is 14.3 Å². The fourth-order valence-electron chi connectivity index (χ4n) is 5.31. The number of fused-ring (bicyclic) bond motifs is 2. The number of pyridine rings is 3. The molecule has 2 aliphatic rings. The molecule has 0 spiro atoms. The minimum Gasteiger partial charge on any atom is -0.372 e. The quantitative estimate of drug-likeness (QED) is 0.226.